The Labute approximate surface area is 190 Å². The molecule has 1 N–H and O–H groups in total. The van der Waals surface area contributed by atoms with E-state index in [-0.39, 0.29) is 36.9 Å². The molecular weight excluding hydrogens is 410 g/mol. The van der Waals surface area contributed by atoms with E-state index in [1.54, 1.807) is 29.0 Å². The van der Waals surface area contributed by atoms with Crippen molar-refractivity contribution in [2.75, 3.05) is 33.3 Å². The molecule has 0 radical (unpaired) electrons. The molecule has 3 amide bonds. The molecule has 8 heteroatoms. The van der Waals surface area contributed by atoms with E-state index >= 15 is 0 Å². The molecule has 2 bridgehead atoms. The highest BCUT2D eigenvalue weighted by atomic mass is 16.5. The van der Waals surface area contributed by atoms with Crippen LogP contribution in [0, 0.1) is 11.8 Å². The van der Waals surface area contributed by atoms with E-state index < -0.39 is 29.1 Å². The fourth-order valence-electron chi connectivity index (χ4n) is 6.09. The van der Waals surface area contributed by atoms with Crippen molar-refractivity contribution in [2.45, 2.75) is 63.3 Å². The van der Waals surface area contributed by atoms with Crippen LogP contribution in [-0.4, -0.2) is 94.1 Å². The van der Waals surface area contributed by atoms with E-state index in [0.717, 1.165) is 0 Å². The number of β-amino-alcohol motifs (C(OH)–C–C–N with tert-alkyl or cyclic N) is 1. The molecule has 3 aliphatic rings. The molecule has 0 aromatic heterocycles. The third-order valence-electron chi connectivity index (χ3n) is 7.53. The summed E-state index contributed by atoms with van der Waals surface area (Å²) in [7, 11) is 1.70. The van der Waals surface area contributed by atoms with Crippen molar-refractivity contribution in [2.24, 2.45) is 11.8 Å². The Kier molecular flexibility index (Phi) is 6.86. The van der Waals surface area contributed by atoms with E-state index in [1.807, 2.05) is 20.8 Å². The predicted octanol–water partition coefficient (Wildman–Crippen LogP) is 1.20. The van der Waals surface area contributed by atoms with Crippen molar-refractivity contribution in [1.29, 1.82) is 0 Å². The van der Waals surface area contributed by atoms with Gasteiger partial charge in [-0.05, 0) is 33.1 Å². The van der Waals surface area contributed by atoms with Crippen LogP contribution in [0.5, 0.6) is 0 Å². The third kappa shape index (κ3) is 3.39. The number of amides is 3. The van der Waals surface area contributed by atoms with Gasteiger partial charge in [0.05, 0.1) is 24.0 Å². The average molecular weight is 448 g/mol. The summed E-state index contributed by atoms with van der Waals surface area (Å²) in [5.74, 6) is -2.06. The quantitative estimate of drug-likeness (QED) is 0.508. The Bertz CT molecular complexity index is 799. The van der Waals surface area contributed by atoms with Gasteiger partial charge in [-0.25, -0.2) is 0 Å². The van der Waals surface area contributed by atoms with Crippen LogP contribution in [0.2, 0.25) is 0 Å². The van der Waals surface area contributed by atoms with Crippen molar-refractivity contribution in [3.8, 4) is 0 Å². The minimum atomic E-state index is -1.07. The Morgan fingerprint density at radius 2 is 1.91 bits per heavy atom. The first-order valence-electron chi connectivity index (χ1n) is 11.5. The van der Waals surface area contributed by atoms with Gasteiger partial charge >= 0.3 is 0 Å². The van der Waals surface area contributed by atoms with Crippen molar-refractivity contribution >= 4 is 17.7 Å². The summed E-state index contributed by atoms with van der Waals surface area (Å²) < 4.78 is 6.68. The number of hydrogen-bond acceptors (Lipinski definition) is 5. The van der Waals surface area contributed by atoms with Crippen LogP contribution in [0.3, 0.4) is 0 Å². The normalized spacial score (nSPS) is 32.9. The first kappa shape index (κ1) is 24.5. The first-order chi connectivity index (χ1) is 15.2. The topological polar surface area (TPSA) is 90.4 Å². The van der Waals surface area contributed by atoms with Gasteiger partial charge in [-0.3, -0.25) is 14.4 Å². The van der Waals surface area contributed by atoms with E-state index in [9.17, 15) is 19.5 Å². The molecule has 1 spiro atoms. The number of fused-ring (bicyclic) bond motifs is 1. The van der Waals surface area contributed by atoms with E-state index in [1.165, 1.54) is 4.90 Å². The highest BCUT2D eigenvalue weighted by molar-refractivity contribution is 5.99. The molecule has 3 aliphatic heterocycles. The molecule has 5 atom stereocenters. The zero-order valence-electron chi connectivity index (χ0n) is 19.7. The average Bonchev–Trinajstić information content (AvgIpc) is 3.35. The maximum absolute atomic E-state index is 13.9. The maximum Gasteiger partial charge on any atom is 0.248 e. The predicted molar refractivity (Wildman–Crippen MR) is 121 cm³/mol. The zero-order valence-corrected chi connectivity index (χ0v) is 19.7. The summed E-state index contributed by atoms with van der Waals surface area (Å²) in [6.45, 7) is 13.8. The Balaban J connectivity index is 2.11. The van der Waals surface area contributed by atoms with Gasteiger partial charge in [0.2, 0.25) is 17.7 Å². The smallest absolute Gasteiger partial charge is 0.248 e. The molecule has 3 heterocycles. The number of nitrogens with zero attached hydrogens (tertiary/aromatic N) is 3. The van der Waals surface area contributed by atoms with Crippen LogP contribution in [0.1, 0.15) is 40.0 Å². The lowest BCUT2D eigenvalue weighted by molar-refractivity contribution is -0.155. The van der Waals surface area contributed by atoms with E-state index in [4.69, 9.17) is 4.74 Å². The lowest BCUT2D eigenvalue weighted by Gasteiger charge is -2.38. The second-order valence-corrected chi connectivity index (χ2v) is 9.47. The summed E-state index contributed by atoms with van der Waals surface area (Å²) in [6.07, 6.45) is 5.04. The monoisotopic (exact) mass is 447 g/mol. The van der Waals surface area contributed by atoms with E-state index in [2.05, 4.69) is 13.2 Å². The summed E-state index contributed by atoms with van der Waals surface area (Å²) in [4.78, 5) is 45.8. The first-order valence-corrected chi connectivity index (χ1v) is 11.5. The van der Waals surface area contributed by atoms with Crippen molar-refractivity contribution in [3.63, 3.8) is 0 Å². The van der Waals surface area contributed by atoms with Crippen LogP contribution in [0.15, 0.2) is 25.3 Å². The number of likely N-dealkylation sites (tertiary alicyclic amines) is 1. The number of rotatable bonds is 10. The second-order valence-electron chi connectivity index (χ2n) is 9.47. The molecular formula is C24H37N3O5. The lowest BCUT2D eigenvalue weighted by atomic mass is 9.64. The van der Waals surface area contributed by atoms with Crippen molar-refractivity contribution in [1.82, 2.24) is 14.7 Å². The molecule has 3 saturated heterocycles. The number of carbonyl (C=O) groups excluding carboxylic acids is 3. The van der Waals surface area contributed by atoms with Crippen molar-refractivity contribution in [3.05, 3.63) is 25.3 Å². The number of aliphatic hydroxyl groups excluding tert-OH is 1. The SMILES string of the molecule is C=CCN(C)C(=O)[C@H]1[C@H]2C(=O)N(CCO)C(C(=O)N(CC=C)C(C)C)C23CC[C@]1(CC)O3. The van der Waals surface area contributed by atoms with Gasteiger partial charge in [-0.15, -0.1) is 13.2 Å². The highest BCUT2D eigenvalue weighted by Crippen LogP contribution is 2.64. The molecule has 2 unspecified atom stereocenters. The molecule has 3 rings (SSSR count). The number of likely N-dealkylation sites (N-methyl/N-ethyl adjacent to an activating group) is 1. The van der Waals surface area contributed by atoms with Crippen LogP contribution in [0.25, 0.3) is 0 Å². The van der Waals surface area contributed by atoms with Crippen LogP contribution >= 0.6 is 0 Å². The van der Waals surface area contributed by atoms with Crippen molar-refractivity contribution < 1.29 is 24.2 Å². The minimum Gasteiger partial charge on any atom is -0.395 e. The maximum atomic E-state index is 13.9. The summed E-state index contributed by atoms with van der Waals surface area (Å²) in [6, 6.07) is -0.970. The molecule has 8 nitrogen and oxygen atoms in total. The van der Waals surface area contributed by atoms with Crippen LogP contribution in [0.4, 0.5) is 0 Å². The summed E-state index contributed by atoms with van der Waals surface area (Å²) in [5, 5.41) is 9.69. The third-order valence-corrected chi connectivity index (χ3v) is 7.53. The van der Waals surface area contributed by atoms with Gasteiger partial charge in [-0.1, -0.05) is 19.1 Å². The molecule has 0 aromatic rings. The van der Waals surface area contributed by atoms with Gasteiger partial charge in [0.25, 0.3) is 0 Å². The molecule has 0 aliphatic carbocycles. The Morgan fingerprint density at radius 3 is 2.44 bits per heavy atom. The summed E-state index contributed by atoms with van der Waals surface area (Å²) in [5.41, 5.74) is -1.83. The second kappa shape index (κ2) is 8.98. The van der Waals surface area contributed by atoms with Gasteiger partial charge in [0.15, 0.2) is 0 Å². The van der Waals surface area contributed by atoms with Gasteiger partial charge in [0.1, 0.15) is 11.6 Å². The summed E-state index contributed by atoms with van der Waals surface area (Å²) >= 11 is 0. The zero-order chi connectivity index (χ0) is 23.8. The molecule has 0 saturated carbocycles. The van der Waals surface area contributed by atoms with Gasteiger partial charge in [-0.2, -0.15) is 0 Å². The van der Waals surface area contributed by atoms with E-state index in [0.29, 0.717) is 32.4 Å². The number of hydrogen-bond donors (Lipinski definition) is 1. The molecule has 178 valence electrons. The fourth-order valence-corrected chi connectivity index (χ4v) is 6.09. The van der Waals surface area contributed by atoms with Gasteiger partial charge in [0, 0.05) is 32.7 Å². The van der Waals surface area contributed by atoms with Crippen LogP contribution < -0.4 is 0 Å². The number of ether oxygens (including phenoxy) is 1. The van der Waals surface area contributed by atoms with Gasteiger partial charge < -0.3 is 24.5 Å². The Hall–Kier alpha value is -2.19. The molecule has 32 heavy (non-hydrogen) atoms. The molecule has 0 aromatic carbocycles. The number of carbonyl (C=O) groups is 3. The Morgan fingerprint density at radius 1 is 1.25 bits per heavy atom. The fraction of sp³-hybridized carbons (Fsp3) is 0.708. The minimum absolute atomic E-state index is 0.0272. The lowest BCUT2D eigenvalue weighted by Crippen LogP contribution is -2.57. The molecule has 3 fully saturated rings. The van der Waals surface area contributed by atoms with Crippen LogP contribution in [-0.2, 0) is 19.1 Å². The largest absolute Gasteiger partial charge is 0.395 e. The number of aliphatic hydroxyl groups is 1. The highest BCUT2D eigenvalue weighted by Gasteiger charge is 2.78. The standard InChI is InChI=1S/C24H37N3O5/c1-7-12-25(6)20(29)17-18-21(30)27(14-15-28)19(22(31)26(13-8-2)16(4)5)24(18)11-10-23(17,9-3)32-24/h7-8,16-19,28H,1-2,9-15H2,3-6H3/t17-,18+,19?,23+,24?/m1/s1.